The van der Waals surface area contributed by atoms with Crippen LogP contribution in [-0.4, -0.2) is 57.2 Å². The number of rotatable bonds is 12. The van der Waals surface area contributed by atoms with Crippen molar-refractivity contribution in [2.75, 3.05) is 34.7 Å². The minimum atomic E-state index is -0.508. The molecule has 0 heterocycles. The Morgan fingerprint density at radius 2 is 1.29 bits per heavy atom. The van der Waals surface area contributed by atoms with Crippen molar-refractivity contribution in [3.05, 3.63) is 0 Å². The van der Waals surface area contributed by atoms with Gasteiger partial charge in [0.25, 0.3) is 0 Å². The summed E-state index contributed by atoms with van der Waals surface area (Å²) in [5.74, 6) is 4.29. The summed E-state index contributed by atoms with van der Waals surface area (Å²) in [5.41, 5.74) is 0. The van der Waals surface area contributed by atoms with Gasteiger partial charge in [0.15, 0.2) is 0 Å². The van der Waals surface area contributed by atoms with E-state index in [0.29, 0.717) is 0 Å². The molecular weight excluding hydrogens is 259 g/mol. The molecule has 0 amide bonds. The molecule has 0 rings (SSSR count). The van der Waals surface area contributed by atoms with Crippen molar-refractivity contribution in [1.82, 2.24) is 9.80 Å². The Kier molecular flexibility index (Phi) is 12.1. The van der Waals surface area contributed by atoms with E-state index in [1.54, 1.807) is 0 Å². The zero-order valence-electron chi connectivity index (χ0n) is 14.3. The standard InChI is InChI=1S/C16H31BN4/c1-20(2)13-11-9-7-5-6-8-10-12-16(21(3)4)17(14-18)15-19/h16H,5-13H2,1-4H3. The SMILES string of the molecule is CN(C)CCCCCCCCCC(B(C#N)C#N)N(C)C. The van der Waals surface area contributed by atoms with Crippen LogP contribution < -0.4 is 0 Å². The van der Waals surface area contributed by atoms with Gasteiger partial charge < -0.3 is 9.80 Å². The first kappa shape index (κ1) is 20.0. The van der Waals surface area contributed by atoms with Crippen molar-refractivity contribution >= 4 is 6.71 Å². The molecule has 4 nitrogen and oxygen atoms in total. The lowest BCUT2D eigenvalue weighted by molar-refractivity contribution is 0.345. The highest BCUT2D eigenvalue weighted by Crippen LogP contribution is 2.13. The lowest BCUT2D eigenvalue weighted by Gasteiger charge is -2.23. The maximum absolute atomic E-state index is 9.00. The van der Waals surface area contributed by atoms with Gasteiger partial charge in [-0.15, -0.1) is 0 Å². The van der Waals surface area contributed by atoms with Gasteiger partial charge >= 0.3 is 6.71 Å². The van der Waals surface area contributed by atoms with Gasteiger partial charge in [0.05, 0.1) is 0 Å². The molecule has 0 spiro atoms. The smallest absolute Gasteiger partial charge is 0.311 e. The molecule has 1 atom stereocenters. The molecule has 0 aliphatic carbocycles. The average molecular weight is 290 g/mol. The second kappa shape index (κ2) is 12.7. The highest BCUT2D eigenvalue weighted by atomic mass is 15.1. The Morgan fingerprint density at radius 3 is 1.71 bits per heavy atom. The highest BCUT2D eigenvalue weighted by Gasteiger charge is 2.27. The molecule has 0 aliphatic rings. The molecule has 0 aromatic heterocycles. The van der Waals surface area contributed by atoms with Crippen LogP contribution in [0.1, 0.15) is 51.4 Å². The minimum Gasteiger partial charge on any atom is -0.311 e. The highest BCUT2D eigenvalue weighted by molar-refractivity contribution is 6.75. The largest absolute Gasteiger partial charge is 0.403 e. The van der Waals surface area contributed by atoms with Crippen LogP contribution in [0.5, 0.6) is 0 Å². The molecular formula is C16H31BN4. The Balaban J connectivity index is 3.65. The molecule has 5 heteroatoms. The number of nitrogens with zero attached hydrogens (tertiary/aromatic N) is 4. The van der Waals surface area contributed by atoms with E-state index in [1.807, 2.05) is 19.0 Å². The number of nitriles is 2. The van der Waals surface area contributed by atoms with Crippen LogP contribution >= 0.6 is 0 Å². The summed E-state index contributed by atoms with van der Waals surface area (Å²) >= 11 is 0. The van der Waals surface area contributed by atoms with Crippen LogP contribution in [0.4, 0.5) is 0 Å². The molecule has 0 radical (unpaired) electrons. The van der Waals surface area contributed by atoms with Gasteiger partial charge in [0.1, 0.15) is 0 Å². The number of hydrogen-bond donors (Lipinski definition) is 0. The predicted octanol–water partition coefficient (Wildman–Crippen LogP) is 2.76. The summed E-state index contributed by atoms with van der Waals surface area (Å²) in [6, 6.07) is 0. The molecule has 1 unspecified atom stereocenters. The Morgan fingerprint density at radius 1 is 0.810 bits per heavy atom. The van der Waals surface area contributed by atoms with Gasteiger partial charge in [-0.2, -0.15) is 0 Å². The molecule has 0 bridgehead atoms. The first-order valence-electron chi connectivity index (χ1n) is 8.13. The van der Waals surface area contributed by atoms with Crippen LogP contribution in [-0.2, 0) is 0 Å². The van der Waals surface area contributed by atoms with Gasteiger partial charge in [-0.05, 0) is 47.6 Å². The van der Waals surface area contributed by atoms with Crippen LogP contribution in [0.3, 0.4) is 0 Å². The predicted molar refractivity (Wildman–Crippen MR) is 89.9 cm³/mol. The van der Waals surface area contributed by atoms with E-state index in [-0.39, 0.29) is 5.94 Å². The van der Waals surface area contributed by atoms with Crippen LogP contribution in [0, 0.1) is 22.5 Å². The van der Waals surface area contributed by atoms with Gasteiger partial charge in [-0.3, -0.25) is 0 Å². The Bertz CT molecular complexity index is 316. The van der Waals surface area contributed by atoms with Crippen LogP contribution in [0.25, 0.3) is 0 Å². The fourth-order valence-electron chi connectivity index (χ4n) is 2.59. The summed E-state index contributed by atoms with van der Waals surface area (Å²) in [7, 11) is 8.15. The summed E-state index contributed by atoms with van der Waals surface area (Å²) in [4.78, 5) is 4.25. The summed E-state index contributed by atoms with van der Waals surface area (Å²) in [6.45, 7) is 0.680. The third-order valence-corrected chi connectivity index (χ3v) is 3.93. The molecule has 118 valence electrons. The fourth-order valence-corrected chi connectivity index (χ4v) is 2.59. The number of hydrogen-bond acceptors (Lipinski definition) is 4. The summed E-state index contributed by atoms with van der Waals surface area (Å²) < 4.78 is 0. The number of unbranched alkanes of at least 4 members (excludes halogenated alkanes) is 6. The lowest BCUT2D eigenvalue weighted by atomic mass is 9.46. The van der Waals surface area contributed by atoms with Crippen LogP contribution in [0.2, 0.25) is 0 Å². The van der Waals surface area contributed by atoms with E-state index in [2.05, 4.69) is 30.9 Å². The molecule has 0 saturated carbocycles. The molecule has 0 aliphatic heterocycles. The van der Waals surface area contributed by atoms with E-state index in [9.17, 15) is 0 Å². The van der Waals surface area contributed by atoms with Gasteiger partial charge in [-0.25, -0.2) is 10.5 Å². The molecule has 0 aromatic carbocycles. The zero-order chi connectivity index (χ0) is 16.1. The second-order valence-electron chi connectivity index (χ2n) is 6.33. The molecule has 0 N–H and O–H groups in total. The molecule has 0 saturated heterocycles. The van der Waals surface area contributed by atoms with Crippen molar-refractivity contribution in [2.24, 2.45) is 0 Å². The second-order valence-corrected chi connectivity index (χ2v) is 6.33. The first-order chi connectivity index (χ1) is 10.0. The molecule has 0 fully saturated rings. The Hall–Kier alpha value is -1.04. The van der Waals surface area contributed by atoms with Gasteiger partial charge in [0, 0.05) is 17.9 Å². The van der Waals surface area contributed by atoms with E-state index >= 15 is 0 Å². The molecule has 0 aromatic rings. The van der Waals surface area contributed by atoms with Crippen molar-refractivity contribution in [3.8, 4) is 11.9 Å². The maximum atomic E-state index is 9.00. The van der Waals surface area contributed by atoms with Crippen molar-refractivity contribution in [1.29, 1.82) is 10.5 Å². The van der Waals surface area contributed by atoms with Crippen molar-refractivity contribution in [3.63, 3.8) is 0 Å². The lowest BCUT2D eigenvalue weighted by Crippen LogP contribution is -2.41. The van der Waals surface area contributed by atoms with Gasteiger partial charge in [-0.1, -0.05) is 38.5 Å². The normalized spacial score (nSPS) is 12.2. The zero-order valence-corrected chi connectivity index (χ0v) is 14.3. The third-order valence-electron chi connectivity index (χ3n) is 3.93. The van der Waals surface area contributed by atoms with E-state index < -0.39 is 6.71 Å². The van der Waals surface area contributed by atoms with Crippen LogP contribution in [0.15, 0.2) is 0 Å². The third kappa shape index (κ3) is 10.3. The topological polar surface area (TPSA) is 54.1 Å². The van der Waals surface area contributed by atoms with Crippen molar-refractivity contribution < 1.29 is 0 Å². The average Bonchev–Trinajstić information content (AvgIpc) is 2.43. The van der Waals surface area contributed by atoms with E-state index in [4.69, 9.17) is 10.5 Å². The van der Waals surface area contributed by atoms with Gasteiger partial charge in [0.2, 0.25) is 0 Å². The summed E-state index contributed by atoms with van der Waals surface area (Å²) in [5, 5.41) is 18.0. The molecule has 21 heavy (non-hydrogen) atoms. The maximum Gasteiger partial charge on any atom is 0.403 e. The first-order valence-corrected chi connectivity index (χ1v) is 8.13. The van der Waals surface area contributed by atoms with E-state index in [1.165, 1.54) is 45.1 Å². The van der Waals surface area contributed by atoms with E-state index in [0.717, 1.165) is 12.8 Å². The Labute approximate surface area is 131 Å². The summed E-state index contributed by atoms with van der Waals surface area (Å²) in [6.07, 6.45) is 9.78. The fraction of sp³-hybridized carbons (Fsp3) is 0.875. The van der Waals surface area contributed by atoms with Crippen molar-refractivity contribution in [2.45, 2.75) is 57.3 Å². The minimum absolute atomic E-state index is 0.0695. The quantitative estimate of drug-likeness (QED) is 0.409. The monoisotopic (exact) mass is 290 g/mol.